The van der Waals surface area contributed by atoms with E-state index < -0.39 is 8.25 Å². The van der Waals surface area contributed by atoms with Crippen molar-refractivity contribution in [2.45, 2.75) is 12.5 Å². The van der Waals surface area contributed by atoms with Gasteiger partial charge in [0.15, 0.2) is 0 Å². The highest BCUT2D eigenvalue weighted by Gasteiger charge is 2.20. The molecular formula is C9H10BrO3P. The van der Waals surface area contributed by atoms with Crippen LogP contribution >= 0.6 is 24.2 Å². The smallest absolute Gasteiger partial charge is 0.311 e. The summed E-state index contributed by atoms with van der Waals surface area (Å²) in [6.07, 6.45) is 0.667. The largest absolute Gasteiger partial charge is 0.319 e. The van der Waals surface area contributed by atoms with E-state index in [0.29, 0.717) is 6.61 Å². The molecular weight excluding hydrogens is 267 g/mol. The van der Waals surface area contributed by atoms with Gasteiger partial charge in [0.2, 0.25) is 0 Å². The Balaban J connectivity index is 2.17. The molecule has 14 heavy (non-hydrogen) atoms. The van der Waals surface area contributed by atoms with E-state index in [2.05, 4.69) is 15.9 Å². The molecule has 1 saturated heterocycles. The first kappa shape index (κ1) is 10.4. The molecule has 0 bridgehead atoms. The van der Waals surface area contributed by atoms with Crippen molar-refractivity contribution in [2.24, 2.45) is 0 Å². The number of halogens is 1. The van der Waals surface area contributed by atoms with E-state index in [-0.39, 0.29) is 6.10 Å². The van der Waals surface area contributed by atoms with Crippen molar-refractivity contribution >= 4 is 24.2 Å². The van der Waals surface area contributed by atoms with Gasteiger partial charge in [0.05, 0.1) is 12.7 Å². The summed E-state index contributed by atoms with van der Waals surface area (Å²) in [5.41, 5.74) is 1.04. The van der Waals surface area contributed by atoms with Crippen LogP contribution in [0, 0.1) is 0 Å². The lowest BCUT2D eigenvalue weighted by molar-refractivity contribution is 0.0968. The monoisotopic (exact) mass is 276 g/mol. The average Bonchev–Trinajstić information content (AvgIpc) is 2.18. The Kier molecular flexibility index (Phi) is 3.39. The van der Waals surface area contributed by atoms with E-state index in [0.717, 1.165) is 16.5 Å². The van der Waals surface area contributed by atoms with Gasteiger partial charge in [-0.25, -0.2) is 0 Å². The van der Waals surface area contributed by atoms with E-state index in [1.807, 2.05) is 24.3 Å². The molecule has 3 nitrogen and oxygen atoms in total. The maximum Gasteiger partial charge on any atom is 0.319 e. The van der Waals surface area contributed by atoms with Crippen molar-refractivity contribution in [2.75, 3.05) is 6.61 Å². The van der Waals surface area contributed by atoms with E-state index in [1.165, 1.54) is 0 Å². The lowest BCUT2D eigenvalue weighted by Crippen LogP contribution is -2.09. The van der Waals surface area contributed by atoms with Crippen molar-refractivity contribution in [1.29, 1.82) is 0 Å². The molecule has 0 radical (unpaired) electrons. The number of rotatable bonds is 1. The molecule has 1 aromatic rings. The van der Waals surface area contributed by atoms with Crippen LogP contribution in [-0.2, 0) is 13.6 Å². The maximum atomic E-state index is 11.1. The van der Waals surface area contributed by atoms with Gasteiger partial charge in [-0.15, -0.1) is 0 Å². The Morgan fingerprint density at radius 2 is 2.36 bits per heavy atom. The van der Waals surface area contributed by atoms with Crippen molar-refractivity contribution in [3.05, 3.63) is 34.3 Å². The normalized spacial score (nSPS) is 27.5. The number of hydrogen-bond acceptors (Lipinski definition) is 3. The molecule has 5 heteroatoms. The molecule has 0 aromatic heterocycles. The molecule has 1 heterocycles. The van der Waals surface area contributed by atoms with Crippen LogP contribution in [0.2, 0.25) is 0 Å². The summed E-state index contributed by atoms with van der Waals surface area (Å²) < 4.78 is 22.2. The zero-order valence-corrected chi connectivity index (χ0v) is 9.99. The van der Waals surface area contributed by atoms with Gasteiger partial charge in [0.1, 0.15) is 0 Å². The van der Waals surface area contributed by atoms with Gasteiger partial charge in [0, 0.05) is 10.9 Å². The molecule has 0 N–H and O–H groups in total. The highest BCUT2D eigenvalue weighted by molar-refractivity contribution is 9.10. The van der Waals surface area contributed by atoms with Crippen LogP contribution in [0.25, 0.3) is 0 Å². The molecule has 1 unspecified atom stereocenters. The Hall–Kier alpha value is -0.150. The van der Waals surface area contributed by atoms with Gasteiger partial charge in [0.25, 0.3) is 0 Å². The van der Waals surface area contributed by atoms with Crippen LogP contribution in [0.4, 0.5) is 0 Å². The van der Waals surface area contributed by atoms with E-state index in [1.54, 1.807) is 0 Å². The van der Waals surface area contributed by atoms with E-state index in [4.69, 9.17) is 9.05 Å². The fraction of sp³-hybridized carbons (Fsp3) is 0.333. The fourth-order valence-electron chi connectivity index (χ4n) is 1.40. The Bertz CT molecular complexity index is 356. The number of benzene rings is 1. The third-order valence-electron chi connectivity index (χ3n) is 2.06. The van der Waals surface area contributed by atoms with Crippen LogP contribution in [0.3, 0.4) is 0 Å². The van der Waals surface area contributed by atoms with Crippen LogP contribution in [0.15, 0.2) is 28.7 Å². The third kappa shape index (κ3) is 2.45. The van der Waals surface area contributed by atoms with Gasteiger partial charge in [-0.1, -0.05) is 28.1 Å². The van der Waals surface area contributed by atoms with E-state index >= 15 is 0 Å². The van der Waals surface area contributed by atoms with Gasteiger partial charge in [-0.3, -0.25) is 4.57 Å². The molecule has 0 aliphatic carbocycles. The second-order valence-electron chi connectivity index (χ2n) is 3.05. The minimum atomic E-state index is -2.27. The van der Waals surface area contributed by atoms with Crippen LogP contribution in [0.1, 0.15) is 18.1 Å². The standard InChI is InChI=1S/C9H10BrO3P/c10-8-3-1-2-7(6-8)9-4-5-12-14(11)13-9/h1-3,6,9,14H,4-5H2/t9-/m0/s1. The van der Waals surface area contributed by atoms with Gasteiger partial charge >= 0.3 is 8.25 Å². The summed E-state index contributed by atoms with van der Waals surface area (Å²) >= 11 is 3.39. The predicted octanol–water partition coefficient (Wildman–Crippen LogP) is 3.32. The summed E-state index contributed by atoms with van der Waals surface area (Å²) in [5.74, 6) is 0. The van der Waals surface area contributed by atoms with Gasteiger partial charge in [-0.05, 0) is 17.7 Å². The first-order valence-electron chi connectivity index (χ1n) is 4.34. The quantitative estimate of drug-likeness (QED) is 0.739. The molecule has 0 saturated carbocycles. The highest BCUT2D eigenvalue weighted by Crippen LogP contribution is 2.40. The molecule has 1 aliphatic rings. The average molecular weight is 277 g/mol. The zero-order chi connectivity index (χ0) is 9.97. The molecule has 0 amide bonds. The topological polar surface area (TPSA) is 35.5 Å². The summed E-state index contributed by atoms with van der Waals surface area (Å²) in [7, 11) is -2.27. The maximum absolute atomic E-state index is 11.1. The fourth-order valence-corrected chi connectivity index (χ4v) is 2.66. The third-order valence-corrected chi connectivity index (χ3v) is 3.47. The van der Waals surface area contributed by atoms with E-state index in [9.17, 15) is 4.57 Å². The van der Waals surface area contributed by atoms with Crippen molar-refractivity contribution < 1.29 is 13.6 Å². The lowest BCUT2D eigenvalue weighted by atomic mass is 10.1. The van der Waals surface area contributed by atoms with Crippen molar-refractivity contribution in [3.8, 4) is 0 Å². The van der Waals surface area contributed by atoms with Crippen molar-refractivity contribution in [1.82, 2.24) is 0 Å². The Morgan fingerprint density at radius 3 is 3.07 bits per heavy atom. The Labute approximate surface area is 91.5 Å². The minimum Gasteiger partial charge on any atom is -0.311 e. The lowest BCUT2D eigenvalue weighted by Gasteiger charge is -2.22. The molecule has 1 aliphatic heterocycles. The summed E-state index contributed by atoms with van der Waals surface area (Å²) in [6.45, 7) is 0.509. The van der Waals surface area contributed by atoms with Crippen LogP contribution in [-0.4, -0.2) is 6.61 Å². The SMILES string of the molecule is O=[PH]1OCC[C@@H](c2cccc(Br)c2)O1. The zero-order valence-electron chi connectivity index (χ0n) is 7.40. The molecule has 1 fully saturated rings. The molecule has 0 spiro atoms. The number of hydrogen-bond donors (Lipinski definition) is 0. The molecule has 2 rings (SSSR count). The van der Waals surface area contributed by atoms with Gasteiger partial charge in [-0.2, -0.15) is 0 Å². The molecule has 1 aromatic carbocycles. The van der Waals surface area contributed by atoms with Crippen LogP contribution in [0.5, 0.6) is 0 Å². The molecule has 2 atom stereocenters. The highest BCUT2D eigenvalue weighted by atomic mass is 79.9. The summed E-state index contributed by atoms with van der Waals surface area (Å²) in [4.78, 5) is 0. The summed E-state index contributed by atoms with van der Waals surface area (Å²) in [5, 5.41) is 0. The molecule has 76 valence electrons. The summed E-state index contributed by atoms with van der Waals surface area (Å²) in [6, 6.07) is 7.84. The Morgan fingerprint density at radius 1 is 1.50 bits per heavy atom. The van der Waals surface area contributed by atoms with Gasteiger partial charge < -0.3 is 9.05 Å². The first-order chi connectivity index (χ1) is 6.75. The second-order valence-corrected chi connectivity index (χ2v) is 4.99. The predicted molar refractivity (Wildman–Crippen MR) is 57.5 cm³/mol. The minimum absolute atomic E-state index is 0.0901. The van der Waals surface area contributed by atoms with Crippen LogP contribution < -0.4 is 0 Å². The first-order valence-corrected chi connectivity index (χ1v) is 6.36. The second kappa shape index (κ2) is 4.58. The van der Waals surface area contributed by atoms with Crippen molar-refractivity contribution in [3.63, 3.8) is 0 Å².